The van der Waals surface area contributed by atoms with Gasteiger partial charge in [0, 0.05) is 0 Å². The average molecular weight is 220 g/mol. The third-order valence-electron chi connectivity index (χ3n) is 4.73. The molecule has 2 saturated carbocycles. The van der Waals surface area contributed by atoms with Gasteiger partial charge in [-0.05, 0) is 51.4 Å². The SMILES string of the molecule is CC(=C1CCCCCC1)C1CCCCCC1. The summed E-state index contributed by atoms with van der Waals surface area (Å²) in [5.74, 6) is 0.954. The molecule has 0 aromatic rings. The van der Waals surface area contributed by atoms with E-state index in [4.69, 9.17) is 0 Å². The second-order valence-electron chi connectivity index (χ2n) is 5.89. The first kappa shape index (κ1) is 12.2. The standard InChI is InChI=1S/C16H28/c1-14(15-10-6-2-3-7-11-15)16-12-8-4-5-9-13-16/h15H,2-13H2,1H3. The van der Waals surface area contributed by atoms with Crippen molar-refractivity contribution in [1.82, 2.24) is 0 Å². The van der Waals surface area contributed by atoms with Crippen LogP contribution in [-0.4, -0.2) is 0 Å². The molecule has 0 unspecified atom stereocenters. The lowest BCUT2D eigenvalue weighted by Crippen LogP contribution is -2.03. The molecule has 0 N–H and O–H groups in total. The quantitative estimate of drug-likeness (QED) is 0.397. The lowest BCUT2D eigenvalue weighted by Gasteiger charge is -2.19. The van der Waals surface area contributed by atoms with Crippen LogP contribution in [-0.2, 0) is 0 Å². The molecule has 0 radical (unpaired) electrons. The number of hydrogen-bond donors (Lipinski definition) is 0. The second kappa shape index (κ2) is 6.47. The third kappa shape index (κ3) is 3.37. The van der Waals surface area contributed by atoms with Crippen LogP contribution < -0.4 is 0 Å². The maximum absolute atomic E-state index is 2.46. The molecule has 0 heteroatoms. The summed E-state index contributed by atoms with van der Waals surface area (Å²) in [6, 6.07) is 0. The van der Waals surface area contributed by atoms with E-state index in [-0.39, 0.29) is 0 Å². The zero-order valence-electron chi connectivity index (χ0n) is 11.1. The molecular weight excluding hydrogens is 192 g/mol. The zero-order valence-corrected chi connectivity index (χ0v) is 11.1. The molecule has 0 aliphatic heterocycles. The van der Waals surface area contributed by atoms with Crippen molar-refractivity contribution in [1.29, 1.82) is 0 Å². The normalized spacial score (nSPS) is 24.9. The molecule has 0 saturated heterocycles. The van der Waals surface area contributed by atoms with Crippen molar-refractivity contribution in [3.8, 4) is 0 Å². The van der Waals surface area contributed by atoms with Gasteiger partial charge in [-0.3, -0.25) is 0 Å². The van der Waals surface area contributed by atoms with E-state index in [9.17, 15) is 0 Å². The second-order valence-corrected chi connectivity index (χ2v) is 5.89. The summed E-state index contributed by atoms with van der Waals surface area (Å²) >= 11 is 0. The molecule has 0 aromatic carbocycles. The topological polar surface area (TPSA) is 0 Å². The van der Waals surface area contributed by atoms with Crippen LogP contribution in [0.4, 0.5) is 0 Å². The molecule has 0 amide bonds. The summed E-state index contributed by atoms with van der Waals surface area (Å²) in [6.45, 7) is 2.46. The Hall–Kier alpha value is -0.260. The monoisotopic (exact) mass is 220 g/mol. The Balaban J connectivity index is 2.01. The van der Waals surface area contributed by atoms with E-state index in [0.717, 1.165) is 5.92 Å². The molecule has 2 fully saturated rings. The van der Waals surface area contributed by atoms with Crippen molar-refractivity contribution in [3.63, 3.8) is 0 Å². The number of allylic oxidation sites excluding steroid dienone is 2. The Labute approximate surface area is 102 Å². The lowest BCUT2D eigenvalue weighted by atomic mass is 9.87. The highest BCUT2D eigenvalue weighted by atomic mass is 14.2. The Kier molecular flexibility index (Phi) is 4.93. The predicted molar refractivity (Wildman–Crippen MR) is 71.6 cm³/mol. The summed E-state index contributed by atoms with van der Waals surface area (Å²) < 4.78 is 0. The van der Waals surface area contributed by atoms with Crippen LogP contribution in [0.5, 0.6) is 0 Å². The minimum atomic E-state index is 0.954. The van der Waals surface area contributed by atoms with E-state index in [0.29, 0.717) is 0 Å². The Morgan fingerprint density at radius 3 is 1.81 bits per heavy atom. The van der Waals surface area contributed by atoms with Crippen molar-refractivity contribution in [2.75, 3.05) is 0 Å². The minimum absolute atomic E-state index is 0.954. The van der Waals surface area contributed by atoms with Gasteiger partial charge in [-0.1, -0.05) is 49.7 Å². The van der Waals surface area contributed by atoms with Crippen LogP contribution in [0.2, 0.25) is 0 Å². The van der Waals surface area contributed by atoms with Gasteiger partial charge in [0.2, 0.25) is 0 Å². The van der Waals surface area contributed by atoms with E-state index in [1.807, 2.05) is 11.1 Å². The van der Waals surface area contributed by atoms with Crippen LogP contribution in [0.1, 0.15) is 84.0 Å². The summed E-state index contributed by atoms with van der Waals surface area (Å²) in [6.07, 6.45) is 17.6. The van der Waals surface area contributed by atoms with Gasteiger partial charge in [-0.15, -0.1) is 0 Å². The first-order chi connectivity index (χ1) is 7.88. The van der Waals surface area contributed by atoms with Gasteiger partial charge in [0.1, 0.15) is 0 Å². The van der Waals surface area contributed by atoms with Crippen LogP contribution in [0.25, 0.3) is 0 Å². The van der Waals surface area contributed by atoms with Gasteiger partial charge in [0.15, 0.2) is 0 Å². The van der Waals surface area contributed by atoms with Crippen LogP contribution >= 0.6 is 0 Å². The molecule has 0 bridgehead atoms. The maximum Gasteiger partial charge on any atom is -0.0203 e. The molecule has 92 valence electrons. The van der Waals surface area contributed by atoms with E-state index in [2.05, 4.69) is 6.92 Å². The number of hydrogen-bond acceptors (Lipinski definition) is 0. The molecule has 2 aliphatic rings. The molecule has 0 atom stereocenters. The van der Waals surface area contributed by atoms with E-state index in [1.54, 1.807) is 0 Å². The van der Waals surface area contributed by atoms with Gasteiger partial charge in [0.25, 0.3) is 0 Å². The van der Waals surface area contributed by atoms with Crippen LogP contribution in [0, 0.1) is 5.92 Å². The minimum Gasteiger partial charge on any atom is -0.0710 e. The predicted octanol–water partition coefficient (Wildman–Crippen LogP) is 5.63. The van der Waals surface area contributed by atoms with Crippen LogP contribution in [0.3, 0.4) is 0 Å². The Bertz CT molecular complexity index is 218. The highest BCUT2D eigenvalue weighted by molar-refractivity contribution is 5.16. The Morgan fingerprint density at radius 1 is 0.750 bits per heavy atom. The van der Waals surface area contributed by atoms with E-state index in [1.165, 1.54) is 77.0 Å². The molecule has 0 spiro atoms. The van der Waals surface area contributed by atoms with Gasteiger partial charge >= 0.3 is 0 Å². The maximum atomic E-state index is 2.46. The Morgan fingerprint density at radius 2 is 1.25 bits per heavy atom. The highest BCUT2D eigenvalue weighted by Gasteiger charge is 2.17. The van der Waals surface area contributed by atoms with E-state index >= 15 is 0 Å². The van der Waals surface area contributed by atoms with E-state index < -0.39 is 0 Å². The van der Waals surface area contributed by atoms with Gasteiger partial charge in [0.05, 0.1) is 0 Å². The molecule has 2 rings (SSSR count). The molecule has 16 heavy (non-hydrogen) atoms. The average Bonchev–Trinajstić information content (AvgIpc) is 2.73. The zero-order chi connectivity index (χ0) is 11.2. The first-order valence-corrected chi connectivity index (χ1v) is 7.56. The fraction of sp³-hybridized carbons (Fsp3) is 0.875. The number of rotatable bonds is 1. The van der Waals surface area contributed by atoms with Crippen molar-refractivity contribution in [3.05, 3.63) is 11.1 Å². The lowest BCUT2D eigenvalue weighted by molar-refractivity contribution is 0.520. The summed E-state index contributed by atoms with van der Waals surface area (Å²) in [7, 11) is 0. The molecule has 2 aliphatic carbocycles. The van der Waals surface area contributed by atoms with Crippen molar-refractivity contribution in [2.24, 2.45) is 5.92 Å². The summed E-state index contributed by atoms with van der Waals surface area (Å²) in [5, 5.41) is 0. The fourth-order valence-electron chi connectivity index (χ4n) is 3.55. The highest BCUT2D eigenvalue weighted by Crippen LogP contribution is 2.34. The van der Waals surface area contributed by atoms with Crippen molar-refractivity contribution in [2.45, 2.75) is 84.0 Å². The molecule has 0 aromatic heterocycles. The fourth-order valence-corrected chi connectivity index (χ4v) is 3.55. The smallest absolute Gasteiger partial charge is 0.0203 e. The molecule has 0 nitrogen and oxygen atoms in total. The largest absolute Gasteiger partial charge is 0.0710 e. The first-order valence-electron chi connectivity index (χ1n) is 7.56. The van der Waals surface area contributed by atoms with Gasteiger partial charge in [-0.25, -0.2) is 0 Å². The summed E-state index contributed by atoms with van der Waals surface area (Å²) in [5.41, 5.74) is 3.66. The third-order valence-corrected chi connectivity index (χ3v) is 4.73. The van der Waals surface area contributed by atoms with Gasteiger partial charge in [-0.2, -0.15) is 0 Å². The molecule has 0 heterocycles. The summed E-state index contributed by atoms with van der Waals surface area (Å²) in [4.78, 5) is 0. The molecular formula is C16H28. The van der Waals surface area contributed by atoms with Crippen molar-refractivity contribution < 1.29 is 0 Å². The van der Waals surface area contributed by atoms with Gasteiger partial charge < -0.3 is 0 Å². The van der Waals surface area contributed by atoms with Crippen LogP contribution in [0.15, 0.2) is 11.1 Å². The van der Waals surface area contributed by atoms with Crippen molar-refractivity contribution >= 4 is 0 Å².